The van der Waals surface area contributed by atoms with Gasteiger partial charge in [-0.2, -0.15) is 0 Å². The number of carboxylic acids is 1. The van der Waals surface area contributed by atoms with Gasteiger partial charge in [0.2, 0.25) is 0 Å². The minimum Gasteiger partial charge on any atom is -0.481 e. The lowest BCUT2D eigenvalue weighted by molar-refractivity contribution is -0.136. The molecule has 0 bridgehead atoms. The molecule has 0 saturated carbocycles. The average Bonchev–Trinajstić information content (AvgIpc) is 2.64. The quantitative estimate of drug-likeness (QED) is 0.902. The summed E-state index contributed by atoms with van der Waals surface area (Å²) in [5.74, 6) is -0.832. The van der Waals surface area contributed by atoms with E-state index in [-0.39, 0.29) is 6.42 Å². The van der Waals surface area contributed by atoms with Gasteiger partial charge < -0.3 is 5.11 Å². The Morgan fingerprint density at radius 1 is 1.53 bits per heavy atom. The molecule has 7 heteroatoms. The number of nitrogens with zero attached hydrogens (tertiary/aromatic N) is 2. The molecule has 2 rings (SSSR count). The Hall–Kier alpha value is -0.920. The van der Waals surface area contributed by atoms with E-state index in [0.29, 0.717) is 0 Å². The molecule has 100 valence electrons. The number of rotatable bonds is 4. The highest BCUT2D eigenvalue weighted by atomic mass is 79.9. The first kappa shape index (κ1) is 14.5. The third-order valence-corrected chi connectivity index (χ3v) is 5.38. The molecular formula is C12H11BrN2O2S2. The Morgan fingerprint density at radius 2 is 2.26 bits per heavy atom. The Kier molecular flexibility index (Phi) is 4.59. The van der Waals surface area contributed by atoms with Crippen LogP contribution in [-0.2, 0) is 11.2 Å². The fraction of sp³-hybridized carbons (Fsp3) is 0.250. The highest BCUT2D eigenvalue weighted by Crippen LogP contribution is 2.33. The van der Waals surface area contributed by atoms with Crippen molar-refractivity contribution in [3.63, 3.8) is 0 Å². The standard InChI is InChI=1S/C12H11BrN2O2S2/c1-6-3-10(14-5-8(6)13)19-12-15-7(2)9(18-12)4-11(16)17/h3,5H,4H2,1-2H3,(H,16,17). The van der Waals surface area contributed by atoms with Crippen LogP contribution in [0.25, 0.3) is 0 Å². The fourth-order valence-corrected chi connectivity index (χ4v) is 3.83. The molecule has 4 nitrogen and oxygen atoms in total. The Labute approximate surface area is 127 Å². The van der Waals surface area contributed by atoms with Crippen molar-refractivity contribution in [1.82, 2.24) is 9.97 Å². The maximum atomic E-state index is 10.7. The summed E-state index contributed by atoms with van der Waals surface area (Å²) in [7, 11) is 0. The first-order chi connectivity index (χ1) is 8.95. The number of carboxylic acid groups (broad SMARTS) is 1. The second kappa shape index (κ2) is 6.02. The minimum absolute atomic E-state index is 0.0247. The Morgan fingerprint density at radius 3 is 2.89 bits per heavy atom. The predicted molar refractivity (Wildman–Crippen MR) is 79.0 cm³/mol. The molecule has 0 aliphatic heterocycles. The molecule has 0 amide bonds. The lowest BCUT2D eigenvalue weighted by Crippen LogP contribution is -1.99. The van der Waals surface area contributed by atoms with E-state index in [1.165, 1.54) is 23.1 Å². The number of hydrogen-bond donors (Lipinski definition) is 1. The summed E-state index contributed by atoms with van der Waals surface area (Å²) in [4.78, 5) is 20.2. The predicted octanol–water partition coefficient (Wildman–Crippen LogP) is 3.70. The zero-order valence-electron chi connectivity index (χ0n) is 10.3. The molecule has 0 unspecified atom stereocenters. The SMILES string of the molecule is Cc1cc(Sc2nc(C)c(CC(=O)O)s2)ncc1Br. The first-order valence-corrected chi connectivity index (χ1v) is 7.86. The number of aryl methyl sites for hydroxylation is 2. The number of hydrogen-bond acceptors (Lipinski definition) is 5. The van der Waals surface area contributed by atoms with Gasteiger partial charge in [-0.05, 0) is 53.2 Å². The molecule has 0 saturated heterocycles. The van der Waals surface area contributed by atoms with Crippen molar-refractivity contribution in [2.75, 3.05) is 0 Å². The van der Waals surface area contributed by atoms with Crippen molar-refractivity contribution >= 4 is 45.0 Å². The van der Waals surface area contributed by atoms with Gasteiger partial charge in [-0.15, -0.1) is 11.3 Å². The maximum Gasteiger partial charge on any atom is 0.308 e. The summed E-state index contributed by atoms with van der Waals surface area (Å²) in [5.41, 5.74) is 1.89. The number of carbonyl (C=O) groups is 1. The molecule has 0 fully saturated rings. The highest BCUT2D eigenvalue weighted by Gasteiger charge is 2.12. The molecule has 0 atom stereocenters. The smallest absolute Gasteiger partial charge is 0.308 e. The molecule has 0 aliphatic carbocycles. The van der Waals surface area contributed by atoms with Crippen LogP contribution in [0.5, 0.6) is 0 Å². The maximum absolute atomic E-state index is 10.7. The first-order valence-electron chi connectivity index (χ1n) is 5.44. The lowest BCUT2D eigenvalue weighted by atomic mass is 10.3. The van der Waals surface area contributed by atoms with Crippen molar-refractivity contribution in [2.45, 2.75) is 29.6 Å². The summed E-state index contributed by atoms with van der Waals surface area (Å²) >= 11 is 6.27. The van der Waals surface area contributed by atoms with Crippen LogP contribution >= 0.6 is 39.0 Å². The Balaban J connectivity index is 2.19. The van der Waals surface area contributed by atoms with Crippen molar-refractivity contribution < 1.29 is 9.90 Å². The van der Waals surface area contributed by atoms with E-state index in [4.69, 9.17) is 5.11 Å². The average molecular weight is 359 g/mol. The fourth-order valence-electron chi connectivity index (χ4n) is 1.41. The molecule has 0 aromatic carbocycles. The number of thiazole rings is 1. The van der Waals surface area contributed by atoms with E-state index in [1.807, 2.05) is 19.9 Å². The van der Waals surface area contributed by atoms with Crippen molar-refractivity contribution in [3.05, 3.63) is 32.9 Å². The summed E-state index contributed by atoms with van der Waals surface area (Å²) in [6.07, 6.45) is 1.78. The highest BCUT2D eigenvalue weighted by molar-refractivity contribution is 9.10. The van der Waals surface area contributed by atoms with Crippen LogP contribution in [0.15, 0.2) is 26.1 Å². The van der Waals surface area contributed by atoms with Gasteiger partial charge in [0.1, 0.15) is 5.03 Å². The van der Waals surface area contributed by atoms with Gasteiger partial charge in [-0.3, -0.25) is 4.79 Å². The van der Waals surface area contributed by atoms with E-state index in [1.54, 1.807) is 6.20 Å². The summed E-state index contributed by atoms with van der Waals surface area (Å²) < 4.78 is 1.79. The number of aliphatic carboxylic acids is 1. The third-order valence-electron chi connectivity index (χ3n) is 2.40. The monoisotopic (exact) mass is 358 g/mol. The molecule has 19 heavy (non-hydrogen) atoms. The van der Waals surface area contributed by atoms with E-state index >= 15 is 0 Å². The molecule has 0 radical (unpaired) electrons. The lowest BCUT2D eigenvalue weighted by Gasteiger charge is -2.00. The van der Waals surface area contributed by atoms with Crippen molar-refractivity contribution in [1.29, 1.82) is 0 Å². The van der Waals surface area contributed by atoms with Gasteiger partial charge in [-0.25, -0.2) is 9.97 Å². The number of pyridine rings is 1. The molecule has 0 aliphatic rings. The van der Waals surface area contributed by atoms with Crippen LogP contribution < -0.4 is 0 Å². The van der Waals surface area contributed by atoms with E-state index in [2.05, 4.69) is 25.9 Å². The molecule has 0 spiro atoms. The van der Waals surface area contributed by atoms with Crippen LogP contribution in [0, 0.1) is 13.8 Å². The molecular weight excluding hydrogens is 348 g/mol. The van der Waals surface area contributed by atoms with Gasteiger partial charge in [0, 0.05) is 15.5 Å². The van der Waals surface area contributed by atoms with E-state index in [9.17, 15) is 4.79 Å². The largest absolute Gasteiger partial charge is 0.481 e. The normalized spacial score (nSPS) is 10.7. The van der Waals surface area contributed by atoms with E-state index in [0.717, 1.165) is 30.0 Å². The van der Waals surface area contributed by atoms with Crippen LogP contribution in [0.4, 0.5) is 0 Å². The molecule has 2 aromatic heterocycles. The number of halogens is 1. The van der Waals surface area contributed by atoms with Gasteiger partial charge >= 0.3 is 5.97 Å². The Bertz CT molecular complexity index is 628. The zero-order valence-corrected chi connectivity index (χ0v) is 13.5. The second-order valence-electron chi connectivity index (χ2n) is 3.93. The summed E-state index contributed by atoms with van der Waals surface area (Å²) in [5, 5.41) is 9.67. The van der Waals surface area contributed by atoms with Gasteiger partial charge in [0.15, 0.2) is 4.34 Å². The van der Waals surface area contributed by atoms with Crippen molar-refractivity contribution in [2.24, 2.45) is 0 Å². The number of aromatic nitrogens is 2. The van der Waals surface area contributed by atoms with Crippen LogP contribution in [0.3, 0.4) is 0 Å². The topological polar surface area (TPSA) is 63.1 Å². The van der Waals surface area contributed by atoms with Gasteiger partial charge in [0.05, 0.1) is 12.1 Å². The molecule has 1 N–H and O–H groups in total. The molecule has 2 heterocycles. The van der Waals surface area contributed by atoms with Gasteiger partial charge in [-0.1, -0.05) is 0 Å². The second-order valence-corrected chi connectivity index (χ2v) is 7.14. The van der Waals surface area contributed by atoms with Crippen LogP contribution in [0.1, 0.15) is 16.1 Å². The van der Waals surface area contributed by atoms with Gasteiger partial charge in [0.25, 0.3) is 0 Å². The van der Waals surface area contributed by atoms with Crippen LogP contribution in [-0.4, -0.2) is 21.0 Å². The van der Waals surface area contributed by atoms with Crippen molar-refractivity contribution in [3.8, 4) is 0 Å². The molecule has 2 aromatic rings. The minimum atomic E-state index is -0.832. The zero-order chi connectivity index (χ0) is 14.0. The van der Waals surface area contributed by atoms with Crippen LogP contribution in [0.2, 0.25) is 0 Å². The summed E-state index contributed by atoms with van der Waals surface area (Å²) in [6, 6.07) is 1.97. The van der Waals surface area contributed by atoms with E-state index < -0.39 is 5.97 Å². The summed E-state index contributed by atoms with van der Waals surface area (Å²) in [6.45, 7) is 3.83. The third kappa shape index (κ3) is 3.77.